The molecule has 0 unspecified atom stereocenters. The van der Waals surface area contributed by atoms with E-state index in [2.05, 4.69) is 0 Å². The van der Waals surface area contributed by atoms with Gasteiger partial charge in [0, 0.05) is 18.1 Å². The van der Waals surface area contributed by atoms with Gasteiger partial charge in [-0.1, -0.05) is 0 Å². The Morgan fingerprint density at radius 1 is 1.35 bits per heavy atom. The molecule has 0 radical (unpaired) electrons. The maximum absolute atomic E-state index is 11.3. The Hall–Kier alpha value is -1.97. The molecule has 0 bridgehead atoms. The molecule has 4 heteroatoms. The first-order valence-corrected chi connectivity index (χ1v) is 5.34. The van der Waals surface area contributed by atoms with E-state index in [0.29, 0.717) is 11.3 Å². The average molecular weight is 233 g/mol. The quantitative estimate of drug-likeness (QED) is 0.867. The molecule has 0 saturated carbocycles. The van der Waals surface area contributed by atoms with Gasteiger partial charge in [0.15, 0.2) is 0 Å². The zero-order valence-corrected chi connectivity index (χ0v) is 10.4. The number of carbonyl (C=O) groups is 1. The minimum Gasteiger partial charge on any atom is -0.495 e. The van der Waals surface area contributed by atoms with Crippen molar-refractivity contribution in [3.8, 4) is 5.75 Å². The lowest BCUT2D eigenvalue weighted by Gasteiger charge is -2.06. The first-order valence-electron chi connectivity index (χ1n) is 5.34. The minimum absolute atomic E-state index is 0.351. The summed E-state index contributed by atoms with van der Waals surface area (Å²) in [5.74, 6) is -0.196. The van der Waals surface area contributed by atoms with Gasteiger partial charge in [-0.3, -0.25) is 0 Å². The third kappa shape index (κ3) is 1.56. The van der Waals surface area contributed by atoms with Crippen molar-refractivity contribution in [3.05, 3.63) is 29.0 Å². The number of aromatic carboxylic acids is 1. The van der Waals surface area contributed by atoms with E-state index in [1.54, 1.807) is 14.0 Å². The monoisotopic (exact) mass is 233 g/mol. The first-order chi connectivity index (χ1) is 7.97. The van der Waals surface area contributed by atoms with Crippen LogP contribution in [0.15, 0.2) is 12.1 Å². The zero-order chi connectivity index (χ0) is 12.7. The lowest BCUT2D eigenvalue weighted by Crippen LogP contribution is -1.99. The molecule has 1 aromatic carbocycles. The number of rotatable bonds is 2. The van der Waals surface area contributed by atoms with Crippen LogP contribution >= 0.6 is 0 Å². The van der Waals surface area contributed by atoms with E-state index in [9.17, 15) is 9.90 Å². The van der Waals surface area contributed by atoms with E-state index < -0.39 is 5.97 Å². The number of fused-ring (bicyclic) bond motifs is 1. The number of nitrogens with zero attached hydrogens (tertiary/aromatic N) is 1. The highest BCUT2D eigenvalue weighted by atomic mass is 16.5. The molecule has 1 aromatic heterocycles. The van der Waals surface area contributed by atoms with Crippen LogP contribution in [-0.4, -0.2) is 22.8 Å². The van der Waals surface area contributed by atoms with Crippen LogP contribution in [0.1, 0.15) is 21.6 Å². The molecule has 1 heterocycles. The van der Waals surface area contributed by atoms with Gasteiger partial charge in [0.2, 0.25) is 0 Å². The van der Waals surface area contributed by atoms with Crippen LogP contribution < -0.4 is 4.74 Å². The van der Waals surface area contributed by atoms with Gasteiger partial charge in [-0.25, -0.2) is 4.79 Å². The number of carboxylic acid groups (broad SMARTS) is 1. The molecule has 17 heavy (non-hydrogen) atoms. The predicted octanol–water partition coefficient (Wildman–Crippen LogP) is 2.50. The summed E-state index contributed by atoms with van der Waals surface area (Å²) in [4.78, 5) is 11.3. The summed E-state index contributed by atoms with van der Waals surface area (Å²) in [5.41, 5.74) is 2.90. The van der Waals surface area contributed by atoms with Gasteiger partial charge in [-0.15, -0.1) is 0 Å². The summed E-state index contributed by atoms with van der Waals surface area (Å²) in [6.07, 6.45) is 0. The van der Waals surface area contributed by atoms with Crippen LogP contribution in [0.25, 0.3) is 10.9 Å². The molecule has 0 atom stereocenters. The van der Waals surface area contributed by atoms with Crippen molar-refractivity contribution < 1.29 is 14.6 Å². The van der Waals surface area contributed by atoms with E-state index >= 15 is 0 Å². The molecule has 2 aromatic rings. The van der Waals surface area contributed by atoms with E-state index in [0.717, 1.165) is 22.2 Å². The van der Waals surface area contributed by atoms with Crippen molar-refractivity contribution in [1.29, 1.82) is 0 Å². The highest BCUT2D eigenvalue weighted by Gasteiger charge is 2.20. The number of carboxylic acids is 1. The van der Waals surface area contributed by atoms with Gasteiger partial charge in [0.05, 0.1) is 18.2 Å². The Balaban J connectivity index is 2.99. The van der Waals surface area contributed by atoms with Crippen LogP contribution in [0.4, 0.5) is 0 Å². The minimum atomic E-state index is -0.902. The van der Waals surface area contributed by atoms with Gasteiger partial charge < -0.3 is 14.4 Å². The Labute approximate surface area is 99.4 Å². The van der Waals surface area contributed by atoms with Crippen LogP contribution in [0.2, 0.25) is 0 Å². The van der Waals surface area contributed by atoms with E-state index in [1.165, 1.54) is 0 Å². The highest BCUT2D eigenvalue weighted by molar-refractivity contribution is 6.06. The molecular formula is C13H15NO3. The van der Waals surface area contributed by atoms with Crippen LogP contribution in [0, 0.1) is 13.8 Å². The number of hydrogen-bond acceptors (Lipinski definition) is 2. The van der Waals surface area contributed by atoms with Crippen LogP contribution in [-0.2, 0) is 7.05 Å². The van der Waals surface area contributed by atoms with Crippen molar-refractivity contribution in [2.75, 3.05) is 7.11 Å². The van der Waals surface area contributed by atoms with E-state index in [-0.39, 0.29) is 0 Å². The van der Waals surface area contributed by atoms with Crippen molar-refractivity contribution in [2.24, 2.45) is 7.05 Å². The topological polar surface area (TPSA) is 51.5 Å². The first kappa shape index (κ1) is 11.5. The summed E-state index contributed by atoms with van der Waals surface area (Å²) in [6.45, 7) is 3.73. The fourth-order valence-electron chi connectivity index (χ4n) is 2.24. The molecule has 0 spiro atoms. The van der Waals surface area contributed by atoms with Crippen molar-refractivity contribution in [2.45, 2.75) is 13.8 Å². The molecule has 0 fully saturated rings. The Morgan fingerprint density at radius 2 is 2.00 bits per heavy atom. The Kier molecular flexibility index (Phi) is 2.58. The lowest BCUT2D eigenvalue weighted by atomic mass is 10.1. The molecule has 0 aliphatic carbocycles. The fourth-order valence-corrected chi connectivity index (χ4v) is 2.24. The molecule has 1 N–H and O–H groups in total. The Bertz CT molecular complexity index is 611. The maximum atomic E-state index is 11.3. The average Bonchev–Trinajstić information content (AvgIpc) is 2.50. The molecule has 0 amide bonds. The molecule has 4 nitrogen and oxygen atoms in total. The van der Waals surface area contributed by atoms with Gasteiger partial charge in [0.1, 0.15) is 5.75 Å². The predicted molar refractivity (Wildman–Crippen MR) is 65.9 cm³/mol. The Morgan fingerprint density at radius 3 is 2.53 bits per heavy atom. The standard InChI is InChI=1S/C13H15NO3/c1-7-5-9-11(13(15)16)8(2)14(3)12(9)10(6-7)17-4/h5-6H,1-4H3,(H,15,16). The number of methoxy groups -OCH3 is 1. The van der Waals surface area contributed by atoms with E-state index in [1.807, 2.05) is 30.7 Å². The molecule has 0 saturated heterocycles. The molecule has 0 aliphatic heterocycles. The SMILES string of the molecule is COc1cc(C)cc2c(C(=O)O)c(C)n(C)c12. The van der Waals surface area contributed by atoms with Crippen molar-refractivity contribution >= 4 is 16.9 Å². The lowest BCUT2D eigenvalue weighted by molar-refractivity contribution is 0.0698. The summed E-state index contributed by atoms with van der Waals surface area (Å²) in [7, 11) is 3.44. The van der Waals surface area contributed by atoms with E-state index in [4.69, 9.17) is 4.74 Å². The second-order valence-electron chi connectivity index (χ2n) is 4.19. The third-order valence-corrected chi connectivity index (χ3v) is 3.12. The molecule has 2 rings (SSSR count). The second kappa shape index (κ2) is 3.80. The summed E-state index contributed by atoms with van der Waals surface area (Å²) >= 11 is 0. The molecule has 0 aliphatic rings. The number of benzene rings is 1. The zero-order valence-electron chi connectivity index (χ0n) is 10.4. The number of ether oxygens (including phenoxy) is 1. The number of aromatic nitrogens is 1. The third-order valence-electron chi connectivity index (χ3n) is 3.12. The van der Waals surface area contributed by atoms with Crippen LogP contribution in [0.3, 0.4) is 0 Å². The van der Waals surface area contributed by atoms with Crippen LogP contribution in [0.5, 0.6) is 5.75 Å². The second-order valence-corrected chi connectivity index (χ2v) is 4.19. The molecular weight excluding hydrogens is 218 g/mol. The summed E-state index contributed by atoms with van der Waals surface area (Å²) < 4.78 is 7.18. The van der Waals surface area contributed by atoms with Gasteiger partial charge >= 0.3 is 5.97 Å². The van der Waals surface area contributed by atoms with Crippen molar-refractivity contribution in [1.82, 2.24) is 4.57 Å². The van der Waals surface area contributed by atoms with Crippen molar-refractivity contribution in [3.63, 3.8) is 0 Å². The normalized spacial score (nSPS) is 10.8. The maximum Gasteiger partial charge on any atom is 0.338 e. The number of aryl methyl sites for hydroxylation is 2. The summed E-state index contributed by atoms with van der Waals surface area (Å²) in [6, 6.07) is 3.79. The number of hydrogen-bond donors (Lipinski definition) is 1. The van der Waals surface area contributed by atoms with Gasteiger partial charge in [0.25, 0.3) is 0 Å². The fraction of sp³-hybridized carbons (Fsp3) is 0.308. The highest BCUT2D eigenvalue weighted by Crippen LogP contribution is 2.33. The summed E-state index contributed by atoms with van der Waals surface area (Å²) in [5, 5.41) is 10.0. The smallest absolute Gasteiger partial charge is 0.338 e. The molecule has 90 valence electrons. The van der Waals surface area contributed by atoms with Gasteiger partial charge in [-0.2, -0.15) is 0 Å². The largest absolute Gasteiger partial charge is 0.495 e. The van der Waals surface area contributed by atoms with Gasteiger partial charge in [-0.05, 0) is 31.5 Å².